The van der Waals surface area contributed by atoms with Gasteiger partial charge in [-0.15, -0.1) is 0 Å². The fraction of sp³-hybridized carbons (Fsp3) is 0.125. The van der Waals surface area contributed by atoms with Crippen molar-refractivity contribution in [1.29, 1.82) is 0 Å². The van der Waals surface area contributed by atoms with Gasteiger partial charge in [-0.25, -0.2) is 4.79 Å². The Labute approximate surface area is 183 Å². The molecule has 0 spiro atoms. The zero-order valence-corrected chi connectivity index (χ0v) is 17.1. The Bertz CT molecular complexity index is 1190. The van der Waals surface area contributed by atoms with Gasteiger partial charge in [0.15, 0.2) is 12.4 Å². The Morgan fingerprint density at radius 2 is 1.94 bits per heavy atom. The number of rotatable bonds is 7. The highest BCUT2D eigenvalue weighted by Crippen LogP contribution is 2.35. The molecule has 1 N–H and O–H groups in total. The van der Waals surface area contributed by atoms with Gasteiger partial charge in [-0.2, -0.15) is 0 Å². The zero-order chi connectivity index (χ0) is 22.5. The summed E-state index contributed by atoms with van der Waals surface area (Å²) in [7, 11) is 0. The maximum Gasteiger partial charge on any atom is 0.340 e. The minimum Gasteiger partial charge on any atom is -0.484 e. The molecule has 1 aliphatic heterocycles. The van der Waals surface area contributed by atoms with Gasteiger partial charge in [0.1, 0.15) is 17.3 Å². The van der Waals surface area contributed by atoms with E-state index in [0.717, 1.165) is 0 Å². The van der Waals surface area contributed by atoms with Crippen molar-refractivity contribution in [3.05, 3.63) is 83.5 Å². The van der Waals surface area contributed by atoms with E-state index >= 15 is 0 Å². The molecule has 0 saturated carbocycles. The van der Waals surface area contributed by atoms with E-state index in [4.69, 9.17) is 18.6 Å². The number of amides is 1. The van der Waals surface area contributed by atoms with Crippen molar-refractivity contribution in [3.63, 3.8) is 0 Å². The number of ether oxygens (including phenoxy) is 3. The standard InChI is InChI=1S/C24H19NO7/c1-2-29-24(28)17-7-3-4-8-19(17)25-22(26)14-31-16-9-10-18-20(12-16)32-21(23(18)27)13-15-6-5-11-30-15/h3-13H,2,14H2,1H3,(H,25,26). The van der Waals surface area contributed by atoms with Crippen LogP contribution in [0.4, 0.5) is 5.69 Å². The van der Waals surface area contributed by atoms with Crippen molar-refractivity contribution in [2.24, 2.45) is 0 Å². The monoisotopic (exact) mass is 433 g/mol. The number of hydrogen-bond acceptors (Lipinski definition) is 7. The lowest BCUT2D eigenvalue weighted by molar-refractivity contribution is -0.118. The molecule has 0 saturated heterocycles. The van der Waals surface area contributed by atoms with Crippen molar-refractivity contribution in [1.82, 2.24) is 0 Å². The molecule has 1 aliphatic rings. The van der Waals surface area contributed by atoms with Crippen LogP contribution in [0.2, 0.25) is 0 Å². The molecule has 1 aromatic heterocycles. The fourth-order valence-electron chi connectivity index (χ4n) is 3.07. The average Bonchev–Trinajstić information content (AvgIpc) is 3.41. The molecule has 0 radical (unpaired) electrons. The van der Waals surface area contributed by atoms with Crippen LogP contribution in [-0.4, -0.2) is 30.9 Å². The second-order valence-corrected chi connectivity index (χ2v) is 6.72. The summed E-state index contributed by atoms with van der Waals surface area (Å²) in [6.07, 6.45) is 3.01. The highest BCUT2D eigenvalue weighted by molar-refractivity contribution is 6.14. The number of carbonyl (C=O) groups is 3. The molecule has 1 amide bonds. The van der Waals surface area contributed by atoms with Crippen LogP contribution in [0.1, 0.15) is 33.4 Å². The molecule has 0 atom stereocenters. The van der Waals surface area contributed by atoms with Crippen LogP contribution in [0.25, 0.3) is 6.08 Å². The summed E-state index contributed by atoms with van der Waals surface area (Å²) < 4.78 is 21.4. The van der Waals surface area contributed by atoms with Crippen LogP contribution in [-0.2, 0) is 9.53 Å². The lowest BCUT2D eigenvalue weighted by atomic mass is 10.1. The number of anilines is 1. The maximum absolute atomic E-state index is 12.5. The molecule has 0 bridgehead atoms. The largest absolute Gasteiger partial charge is 0.484 e. The molecule has 3 aromatic rings. The van der Waals surface area contributed by atoms with E-state index in [0.29, 0.717) is 28.5 Å². The maximum atomic E-state index is 12.5. The number of furan rings is 1. The van der Waals surface area contributed by atoms with Crippen LogP contribution < -0.4 is 14.8 Å². The van der Waals surface area contributed by atoms with Gasteiger partial charge in [0.25, 0.3) is 5.91 Å². The third kappa shape index (κ3) is 4.54. The summed E-state index contributed by atoms with van der Waals surface area (Å²) in [6.45, 7) is 1.63. The summed E-state index contributed by atoms with van der Waals surface area (Å²) >= 11 is 0. The minimum atomic E-state index is -0.525. The Morgan fingerprint density at radius 3 is 2.72 bits per heavy atom. The number of fused-ring (bicyclic) bond motifs is 1. The van der Waals surface area contributed by atoms with Gasteiger partial charge in [-0.05, 0) is 43.3 Å². The van der Waals surface area contributed by atoms with Crippen molar-refractivity contribution < 1.29 is 33.0 Å². The summed E-state index contributed by atoms with van der Waals surface area (Å²) in [5, 5.41) is 2.64. The third-order valence-electron chi connectivity index (χ3n) is 4.52. The highest BCUT2D eigenvalue weighted by Gasteiger charge is 2.28. The van der Waals surface area contributed by atoms with Gasteiger partial charge in [0.05, 0.1) is 29.7 Å². The number of para-hydroxylation sites is 1. The van der Waals surface area contributed by atoms with Gasteiger partial charge < -0.3 is 23.9 Å². The van der Waals surface area contributed by atoms with Gasteiger partial charge in [0, 0.05) is 12.1 Å². The quantitative estimate of drug-likeness (QED) is 0.442. The number of nitrogens with one attached hydrogen (secondary N) is 1. The lowest BCUT2D eigenvalue weighted by Crippen LogP contribution is -2.22. The summed E-state index contributed by atoms with van der Waals surface area (Å²) in [5.74, 6) is 0.0675. The molecule has 8 heteroatoms. The zero-order valence-electron chi connectivity index (χ0n) is 17.1. The number of Topliss-reactive ketones (excluding diaryl/α,β-unsaturated/α-hetero) is 1. The first-order valence-corrected chi connectivity index (χ1v) is 9.85. The molecule has 2 aromatic carbocycles. The Balaban J connectivity index is 1.40. The molecular weight excluding hydrogens is 414 g/mol. The third-order valence-corrected chi connectivity index (χ3v) is 4.52. The van der Waals surface area contributed by atoms with Gasteiger partial charge in [-0.1, -0.05) is 12.1 Å². The first-order chi connectivity index (χ1) is 15.5. The molecule has 0 fully saturated rings. The van der Waals surface area contributed by atoms with Crippen LogP contribution in [0.5, 0.6) is 11.5 Å². The fourth-order valence-corrected chi connectivity index (χ4v) is 3.07. The van der Waals surface area contributed by atoms with Gasteiger partial charge >= 0.3 is 5.97 Å². The van der Waals surface area contributed by atoms with Crippen LogP contribution >= 0.6 is 0 Å². The van der Waals surface area contributed by atoms with E-state index in [-0.39, 0.29) is 30.3 Å². The van der Waals surface area contributed by atoms with Gasteiger partial charge in [0.2, 0.25) is 5.78 Å². The number of carbonyl (C=O) groups excluding carboxylic acids is 3. The minimum absolute atomic E-state index is 0.139. The van der Waals surface area contributed by atoms with E-state index in [1.165, 1.54) is 18.4 Å². The number of allylic oxidation sites excluding steroid dienone is 1. The average molecular weight is 433 g/mol. The van der Waals surface area contributed by atoms with E-state index < -0.39 is 11.9 Å². The SMILES string of the molecule is CCOC(=O)c1ccccc1NC(=O)COc1ccc2c(c1)OC(=Cc1ccco1)C2=O. The Morgan fingerprint density at radius 1 is 1.09 bits per heavy atom. The second-order valence-electron chi connectivity index (χ2n) is 6.72. The highest BCUT2D eigenvalue weighted by atomic mass is 16.5. The molecule has 32 heavy (non-hydrogen) atoms. The second kappa shape index (κ2) is 9.22. The molecular formula is C24H19NO7. The van der Waals surface area contributed by atoms with Crippen molar-refractivity contribution in [3.8, 4) is 11.5 Å². The molecule has 4 rings (SSSR count). The predicted octanol–water partition coefficient (Wildman–Crippen LogP) is 4.09. The van der Waals surface area contributed by atoms with Crippen molar-refractivity contribution in [2.75, 3.05) is 18.5 Å². The van der Waals surface area contributed by atoms with E-state index in [1.54, 1.807) is 55.5 Å². The smallest absolute Gasteiger partial charge is 0.340 e. The summed E-state index contributed by atoms with van der Waals surface area (Å²) in [4.78, 5) is 36.8. The first-order valence-electron chi connectivity index (χ1n) is 9.85. The first kappa shape index (κ1) is 20.9. The van der Waals surface area contributed by atoms with E-state index in [9.17, 15) is 14.4 Å². The van der Waals surface area contributed by atoms with Gasteiger partial charge in [-0.3, -0.25) is 9.59 Å². The number of esters is 1. The Kier molecular flexibility index (Phi) is 6.03. The topological polar surface area (TPSA) is 104 Å². The lowest BCUT2D eigenvalue weighted by Gasteiger charge is -2.11. The number of hydrogen-bond donors (Lipinski definition) is 1. The predicted molar refractivity (Wildman–Crippen MR) is 115 cm³/mol. The summed E-state index contributed by atoms with van der Waals surface area (Å²) in [5.41, 5.74) is 0.973. The molecule has 0 unspecified atom stereocenters. The normalized spacial score (nSPS) is 13.4. The molecule has 162 valence electrons. The Hall–Kier alpha value is -4.33. The number of benzene rings is 2. The summed E-state index contributed by atoms with van der Waals surface area (Å²) in [6, 6.07) is 14.7. The molecule has 2 heterocycles. The molecule has 0 aliphatic carbocycles. The van der Waals surface area contributed by atoms with Crippen LogP contribution in [0.3, 0.4) is 0 Å². The van der Waals surface area contributed by atoms with E-state index in [1.807, 2.05) is 0 Å². The molecule has 8 nitrogen and oxygen atoms in total. The van der Waals surface area contributed by atoms with Crippen LogP contribution in [0.15, 0.2) is 71.0 Å². The number of ketones is 1. The van der Waals surface area contributed by atoms with E-state index in [2.05, 4.69) is 5.32 Å². The van der Waals surface area contributed by atoms with Crippen molar-refractivity contribution in [2.45, 2.75) is 6.92 Å². The van der Waals surface area contributed by atoms with Crippen LogP contribution in [0, 0.1) is 0 Å². The van der Waals surface area contributed by atoms with Crippen molar-refractivity contribution >= 4 is 29.4 Å².